The summed E-state index contributed by atoms with van der Waals surface area (Å²) in [6, 6.07) is 21.4. The highest BCUT2D eigenvalue weighted by molar-refractivity contribution is 5.81. The third-order valence-electron chi connectivity index (χ3n) is 6.98. The summed E-state index contributed by atoms with van der Waals surface area (Å²) in [4.78, 5) is 43.2. The lowest BCUT2D eigenvalue weighted by Gasteiger charge is -2.38. The van der Waals surface area contributed by atoms with Gasteiger partial charge >= 0.3 is 0 Å². The second-order valence-electron chi connectivity index (χ2n) is 10.5. The van der Waals surface area contributed by atoms with Gasteiger partial charge in [0.2, 0.25) is 11.3 Å². The highest BCUT2D eigenvalue weighted by Gasteiger charge is 2.29. The number of nitrogens with one attached hydrogen (secondary N) is 1. The molecule has 0 bridgehead atoms. The number of fused-ring (bicyclic) bond motifs is 1. The Balaban J connectivity index is 1.78. The molecular formula is C30H30FN5O3. The number of nitrogens with zero attached hydrogens (tertiary/aromatic N) is 4. The molecule has 1 saturated heterocycles. The van der Waals surface area contributed by atoms with Crippen molar-refractivity contribution in [3.63, 3.8) is 0 Å². The fraction of sp³-hybridized carbons (Fsp3) is 0.267. The zero-order chi connectivity index (χ0) is 27.6. The summed E-state index contributed by atoms with van der Waals surface area (Å²) in [5.74, 6) is -0.864. The average Bonchev–Trinajstić information content (AvgIpc) is 3.00. The Morgan fingerprint density at radius 2 is 1.59 bits per heavy atom. The number of halogens is 1. The van der Waals surface area contributed by atoms with Crippen LogP contribution in [0.2, 0.25) is 0 Å². The summed E-state index contributed by atoms with van der Waals surface area (Å²) >= 11 is 0. The van der Waals surface area contributed by atoms with Crippen molar-refractivity contribution in [1.29, 1.82) is 0 Å². The number of para-hydroxylation sites is 4. The smallest absolute Gasteiger partial charge is 0.289 e. The topological polar surface area (TPSA) is 88.7 Å². The van der Waals surface area contributed by atoms with Crippen molar-refractivity contribution in [1.82, 2.24) is 14.0 Å². The van der Waals surface area contributed by atoms with Crippen LogP contribution in [-0.4, -0.2) is 33.0 Å². The van der Waals surface area contributed by atoms with Gasteiger partial charge in [-0.15, -0.1) is 0 Å². The number of carbonyl (C=O) groups excluding carboxylic acids is 1. The van der Waals surface area contributed by atoms with Crippen molar-refractivity contribution in [2.24, 2.45) is 10.5 Å². The number of piperidine rings is 1. The highest BCUT2D eigenvalue weighted by atomic mass is 19.1. The monoisotopic (exact) mass is 527 g/mol. The van der Waals surface area contributed by atoms with Gasteiger partial charge in [-0.05, 0) is 54.7 Å². The van der Waals surface area contributed by atoms with E-state index in [2.05, 4.69) is 24.4 Å². The van der Waals surface area contributed by atoms with Gasteiger partial charge in [-0.25, -0.2) is 4.39 Å². The number of amides is 1. The van der Waals surface area contributed by atoms with Crippen LogP contribution in [0.3, 0.4) is 0 Å². The van der Waals surface area contributed by atoms with E-state index in [9.17, 15) is 14.4 Å². The minimum absolute atomic E-state index is 0.0267. The van der Waals surface area contributed by atoms with Gasteiger partial charge in [-0.3, -0.25) is 28.9 Å². The first-order valence-electron chi connectivity index (χ1n) is 12.9. The Morgan fingerprint density at radius 3 is 2.31 bits per heavy atom. The van der Waals surface area contributed by atoms with Crippen LogP contribution >= 0.6 is 0 Å². The molecule has 5 rings (SSSR count). The quantitative estimate of drug-likeness (QED) is 0.399. The van der Waals surface area contributed by atoms with Gasteiger partial charge in [-0.2, -0.15) is 5.10 Å². The molecule has 0 aliphatic carbocycles. The predicted molar refractivity (Wildman–Crippen MR) is 149 cm³/mol. The highest BCUT2D eigenvalue weighted by Crippen LogP contribution is 2.28. The van der Waals surface area contributed by atoms with Crippen LogP contribution in [0.5, 0.6) is 0 Å². The van der Waals surface area contributed by atoms with Crippen LogP contribution in [0.4, 0.5) is 10.1 Å². The zero-order valence-electron chi connectivity index (χ0n) is 21.9. The van der Waals surface area contributed by atoms with Crippen molar-refractivity contribution in [3.05, 3.63) is 111 Å². The first-order valence-corrected chi connectivity index (χ1v) is 12.9. The lowest BCUT2D eigenvalue weighted by molar-refractivity contribution is -0.134. The molecule has 0 saturated carbocycles. The first-order chi connectivity index (χ1) is 18.7. The molecule has 0 unspecified atom stereocenters. The molecule has 1 aliphatic heterocycles. The summed E-state index contributed by atoms with van der Waals surface area (Å²) in [5, 5.41) is 3.73. The van der Waals surface area contributed by atoms with E-state index in [1.54, 1.807) is 59.5 Å². The van der Waals surface area contributed by atoms with Crippen LogP contribution < -0.4 is 21.9 Å². The van der Waals surface area contributed by atoms with E-state index in [4.69, 9.17) is 0 Å². The standard InChI is InChI=1S/C30H30FN5O3/c1-30(2)17-10-18-34(20-30)26(37)19-35-24-15-8-9-16-25(24)36(23-14-7-6-13-22(23)31)29(39)27(28(35)38)33-32-21-11-4-3-5-12-21/h3-9,11-16,32H,10,17-20H2,1-2H3/b33-27-. The normalized spacial score (nSPS) is 15.4. The minimum Gasteiger partial charge on any atom is -0.341 e. The molecule has 4 aromatic rings. The van der Waals surface area contributed by atoms with Gasteiger partial charge in [0, 0.05) is 13.1 Å². The molecule has 1 aromatic heterocycles. The van der Waals surface area contributed by atoms with E-state index in [0.717, 1.165) is 17.4 Å². The van der Waals surface area contributed by atoms with Gasteiger partial charge in [-0.1, -0.05) is 56.3 Å². The fourth-order valence-corrected chi connectivity index (χ4v) is 5.05. The van der Waals surface area contributed by atoms with Crippen LogP contribution in [0, 0.1) is 11.2 Å². The summed E-state index contributed by atoms with van der Waals surface area (Å²) < 4.78 is 17.5. The van der Waals surface area contributed by atoms with E-state index >= 15 is 4.39 Å². The van der Waals surface area contributed by atoms with E-state index < -0.39 is 22.3 Å². The van der Waals surface area contributed by atoms with Crippen LogP contribution in [0.25, 0.3) is 16.7 Å². The van der Waals surface area contributed by atoms with E-state index in [-0.39, 0.29) is 29.1 Å². The molecule has 2 heterocycles. The number of aromatic nitrogens is 2. The third-order valence-corrected chi connectivity index (χ3v) is 6.98. The molecule has 0 radical (unpaired) electrons. The Hall–Kier alpha value is -4.53. The van der Waals surface area contributed by atoms with E-state index in [0.29, 0.717) is 24.3 Å². The number of anilines is 1. The molecule has 1 aliphatic rings. The maximum atomic E-state index is 15.1. The molecule has 9 heteroatoms. The van der Waals surface area contributed by atoms with E-state index in [1.807, 2.05) is 6.07 Å². The molecular weight excluding hydrogens is 497 g/mol. The van der Waals surface area contributed by atoms with Crippen LogP contribution in [-0.2, 0) is 11.3 Å². The summed E-state index contributed by atoms with van der Waals surface area (Å²) in [5.41, 5.74) is 2.30. The van der Waals surface area contributed by atoms with Crippen molar-refractivity contribution < 1.29 is 9.18 Å². The van der Waals surface area contributed by atoms with Gasteiger partial charge in [0.15, 0.2) is 0 Å². The summed E-state index contributed by atoms with van der Waals surface area (Å²) in [7, 11) is 0. The Morgan fingerprint density at radius 1 is 0.923 bits per heavy atom. The molecule has 1 N–H and O–H groups in total. The molecule has 1 fully saturated rings. The number of benzene rings is 3. The Bertz CT molecular complexity index is 1730. The Labute approximate surface area is 224 Å². The number of hydrogen-bond donors (Lipinski definition) is 1. The summed E-state index contributed by atoms with van der Waals surface area (Å²) in [6.07, 6.45) is 1.88. The Kier molecular flexibility index (Phi) is 7.15. The number of carbonyl (C=O) groups is 1. The second-order valence-corrected chi connectivity index (χ2v) is 10.5. The van der Waals surface area contributed by atoms with Gasteiger partial charge in [0.25, 0.3) is 11.1 Å². The maximum absolute atomic E-state index is 15.1. The van der Waals surface area contributed by atoms with Crippen LogP contribution in [0.1, 0.15) is 26.7 Å². The van der Waals surface area contributed by atoms with Gasteiger partial charge in [0.1, 0.15) is 12.4 Å². The predicted octanol–water partition coefficient (Wildman–Crippen LogP) is 3.87. The van der Waals surface area contributed by atoms with Crippen molar-refractivity contribution in [2.75, 3.05) is 18.5 Å². The summed E-state index contributed by atoms with van der Waals surface area (Å²) in [6.45, 7) is 5.12. The SMILES string of the molecule is CC1(C)CCCN(C(=O)Cn2c(=O)/c(=N/Nc3ccccc3)c(=O)n(-c3ccccc3F)c3ccccc32)C1. The lowest BCUT2D eigenvalue weighted by atomic mass is 9.84. The van der Waals surface area contributed by atoms with Crippen molar-refractivity contribution in [2.45, 2.75) is 33.2 Å². The molecule has 0 spiro atoms. The third kappa shape index (κ3) is 5.38. The van der Waals surface area contributed by atoms with Crippen LogP contribution in [0.15, 0.2) is 93.6 Å². The fourth-order valence-electron chi connectivity index (χ4n) is 5.05. The first kappa shape index (κ1) is 26.1. The lowest BCUT2D eigenvalue weighted by Crippen LogP contribution is -2.48. The number of rotatable bonds is 5. The van der Waals surface area contributed by atoms with Gasteiger partial charge < -0.3 is 4.90 Å². The zero-order valence-corrected chi connectivity index (χ0v) is 21.9. The molecule has 3 aromatic carbocycles. The number of hydrogen-bond acceptors (Lipinski definition) is 5. The molecule has 200 valence electrons. The average molecular weight is 528 g/mol. The van der Waals surface area contributed by atoms with Gasteiger partial charge in [0.05, 0.1) is 22.4 Å². The molecule has 8 nitrogen and oxygen atoms in total. The second kappa shape index (κ2) is 10.7. The van der Waals surface area contributed by atoms with E-state index in [1.165, 1.54) is 22.8 Å². The number of likely N-dealkylation sites (tertiary alicyclic amines) is 1. The largest absolute Gasteiger partial charge is 0.341 e. The maximum Gasteiger partial charge on any atom is 0.289 e. The molecule has 0 atom stereocenters. The van der Waals surface area contributed by atoms with Crippen molar-refractivity contribution >= 4 is 22.6 Å². The minimum atomic E-state index is -0.810. The molecule has 39 heavy (non-hydrogen) atoms. The molecule has 1 amide bonds. The van der Waals surface area contributed by atoms with Crippen molar-refractivity contribution in [3.8, 4) is 5.69 Å².